The highest BCUT2D eigenvalue weighted by molar-refractivity contribution is 7.98. The summed E-state index contributed by atoms with van der Waals surface area (Å²) in [5.74, 6) is -0.0310. The predicted octanol–water partition coefficient (Wildman–Crippen LogP) is 3.03. The van der Waals surface area contributed by atoms with Crippen LogP contribution in [0.5, 0.6) is 0 Å². The van der Waals surface area contributed by atoms with Crippen LogP contribution in [-0.2, 0) is 0 Å². The van der Waals surface area contributed by atoms with Crippen molar-refractivity contribution in [1.29, 1.82) is 0 Å². The van der Waals surface area contributed by atoms with Crippen LogP contribution in [0.3, 0.4) is 0 Å². The van der Waals surface area contributed by atoms with E-state index < -0.39 is 0 Å². The first-order valence-corrected chi connectivity index (χ1v) is 6.13. The molecule has 0 aliphatic rings. The number of hydrogen-bond donors (Lipinski definition) is 0. The molecule has 0 N–H and O–H groups in total. The van der Waals surface area contributed by atoms with Gasteiger partial charge in [-0.3, -0.25) is 9.78 Å². The van der Waals surface area contributed by atoms with E-state index in [9.17, 15) is 4.79 Å². The summed E-state index contributed by atoms with van der Waals surface area (Å²) in [6, 6.07) is 12.9. The van der Waals surface area contributed by atoms with Gasteiger partial charge in [-0.15, -0.1) is 11.8 Å². The molecule has 1 heterocycles. The maximum absolute atomic E-state index is 12.0. The average molecular weight is 229 g/mol. The van der Waals surface area contributed by atoms with Crippen LogP contribution in [0.4, 0.5) is 0 Å². The Balaban J connectivity index is 2.34. The number of benzene rings is 1. The molecule has 2 rings (SSSR count). The Morgan fingerprint density at radius 3 is 2.75 bits per heavy atom. The summed E-state index contributed by atoms with van der Waals surface area (Å²) in [6.45, 7) is 0. The zero-order valence-electron chi connectivity index (χ0n) is 8.88. The van der Waals surface area contributed by atoms with Crippen molar-refractivity contribution in [2.24, 2.45) is 0 Å². The fourth-order valence-corrected chi connectivity index (χ4v) is 1.87. The molecular formula is C13H11NOS. The van der Waals surface area contributed by atoms with Gasteiger partial charge in [-0.2, -0.15) is 0 Å². The molecule has 0 unspecified atom stereocenters. The van der Waals surface area contributed by atoms with Gasteiger partial charge in [0.25, 0.3) is 0 Å². The van der Waals surface area contributed by atoms with Crippen molar-refractivity contribution < 1.29 is 4.79 Å². The molecule has 0 spiro atoms. The van der Waals surface area contributed by atoms with E-state index in [4.69, 9.17) is 0 Å². The third-order valence-electron chi connectivity index (χ3n) is 2.23. The molecule has 0 atom stereocenters. The van der Waals surface area contributed by atoms with Gasteiger partial charge in [-0.05, 0) is 30.5 Å². The first-order valence-electron chi connectivity index (χ1n) is 4.91. The highest BCUT2D eigenvalue weighted by Crippen LogP contribution is 2.17. The second kappa shape index (κ2) is 4.94. The van der Waals surface area contributed by atoms with Crippen molar-refractivity contribution in [1.82, 2.24) is 4.98 Å². The third kappa shape index (κ3) is 2.31. The Morgan fingerprint density at radius 2 is 2.06 bits per heavy atom. The number of carbonyl (C=O) groups is 1. The van der Waals surface area contributed by atoms with E-state index in [0.717, 1.165) is 4.90 Å². The van der Waals surface area contributed by atoms with Crippen LogP contribution < -0.4 is 0 Å². The highest BCUT2D eigenvalue weighted by Gasteiger charge is 2.09. The zero-order chi connectivity index (χ0) is 11.4. The first-order chi connectivity index (χ1) is 7.81. The van der Waals surface area contributed by atoms with Gasteiger partial charge < -0.3 is 0 Å². The van der Waals surface area contributed by atoms with Crippen LogP contribution in [0.2, 0.25) is 0 Å². The Kier molecular flexibility index (Phi) is 3.37. The quantitative estimate of drug-likeness (QED) is 0.598. The van der Waals surface area contributed by atoms with E-state index in [2.05, 4.69) is 4.98 Å². The van der Waals surface area contributed by atoms with Gasteiger partial charge in [0.1, 0.15) is 5.69 Å². The van der Waals surface area contributed by atoms with Crippen molar-refractivity contribution in [3.8, 4) is 0 Å². The van der Waals surface area contributed by atoms with E-state index in [1.54, 1.807) is 30.1 Å². The molecule has 0 saturated carbocycles. The summed E-state index contributed by atoms with van der Waals surface area (Å²) in [5.41, 5.74) is 1.17. The lowest BCUT2D eigenvalue weighted by atomic mass is 10.1. The molecule has 0 bridgehead atoms. The number of carbonyl (C=O) groups excluding carboxylic acids is 1. The van der Waals surface area contributed by atoms with Gasteiger partial charge in [-0.1, -0.05) is 18.2 Å². The zero-order valence-corrected chi connectivity index (χ0v) is 9.70. The monoisotopic (exact) mass is 229 g/mol. The van der Waals surface area contributed by atoms with Crippen LogP contribution in [0.25, 0.3) is 0 Å². The second-order valence-corrected chi connectivity index (χ2v) is 4.16. The molecule has 2 aromatic rings. The van der Waals surface area contributed by atoms with Crippen LogP contribution >= 0.6 is 11.8 Å². The second-order valence-electron chi connectivity index (χ2n) is 3.28. The first kappa shape index (κ1) is 10.9. The van der Waals surface area contributed by atoms with E-state index in [0.29, 0.717) is 11.3 Å². The Labute approximate surface area is 98.7 Å². The van der Waals surface area contributed by atoms with Gasteiger partial charge in [0.05, 0.1) is 0 Å². The van der Waals surface area contributed by atoms with Crippen LogP contribution in [0.15, 0.2) is 53.6 Å². The molecule has 0 saturated heterocycles. The largest absolute Gasteiger partial charge is 0.287 e. The summed E-state index contributed by atoms with van der Waals surface area (Å²) in [6.07, 6.45) is 3.62. The van der Waals surface area contributed by atoms with E-state index in [-0.39, 0.29) is 5.78 Å². The van der Waals surface area contributed by atoms with Crippen molar-refractivity contribution in [3.63, 3.8) is 0 Å². The highest BCUT2D eigenvalue weighted by atomic mass is 32.2. The Morgan fingerprint density at radius 1 is 1.19 bits per heavy atom. The van der Waals surface area contributed by atoms with Crippen LogP contribution in [0, 0.1) is 0 Å². The molecular weight excluding hydrogens is 218 g/mol. The molecule has 0 amide bonds. The van der Waals surface area contributed by atoms with Gasteiger partial charge in [0.15, 0.2) is 0 Å². The summed E-state index contributed by atoms with van der Waals surface area (Å²) in [4.78, 5) is 17.2. The number of thioether (sulfide) groups is 1. The number of rotatable bonds is 3. The SMILES string of the molecule is CSc1cccc(C(=O)c2ccccn2)c1. The molecule has 1 aromatic carbocycles. The minimum Gasteiger partial charge on any atom is -0.287 e. The number of nitrogens with zero attached hydrogens (tertiary/aromatic N) is 1. The minimum atomic E-state index is -0.0310. The van der Waals surface area contributed by atoms with Gasteiger partial charge in [0.2, 0.25) is 5.78 Å². The summed E-state index contributed by atoms with van der Waals surface area (Å²) < 4.78 is 0. The van der Waals surface area contributed by atoms with Crippen molar-refractivity contribution >= 4 is 17.5 Å². The summed E-state index contributed by atoms with van der Waals surface area (Å²) in [7, 11) is 0. The summed E-state index contributed by atoms with van der Waals surface area (Å²) in [5, 5.41) is 0. The smallest absolute Gasteiger partial charge is 0.211 e. The number of aromatic nitrogens is 1. The van der Waals surface area contributed by atoms with Crippen molar-refractivity contribution in [3.05, 3.63) is 59.9 Å². The maximum atomic E-state index is 12.0. The standard InChI is InChI=1S/C13H11NOS/c1-16-11-6-4-5-10(9-11)13(15)12-7-2-3-8-14-12/h2-9H,1H3. The van der Waals surface area contributed by atoms with Gasteiger partial charge >= 0.3 is 0 Å². The van der Waals surface area contributed by atoms with Crippen LogP contribution in [-0.4, -0.2) is 17.0 Å². The number of hydrogen-bond acceptors (Lipinski definition) is 3. The molecule has 0 aliphatic heterocycles. The summed E-state index contributed by atoms with van der Waals surface area (Å²) >= 11 is 1.62. The number of pyridine rings is 1. The Hall–Kier alpha value is -1.61. The molecule has 80 valence electrons. The fraction of sp³-hybridized carbons (Fsp3) is 0.0769. The van der Waals surface area contributed by atoms with Gasteiger partial charge in [0, 0.05) is 16.7 Å². The molecule has 0 fully saturated rings. The lowest BCUT2D eigenvalue weighted by molar-refractivity contribution is 0.103. The van der Waals surface area contributed by atoms with Crippen LogP contribution in [0.1, 0.15) is 16.1 Å². The maximum Gasteiger partial charge on any atom is 0.211 e. The molecule has 3 heteroatoms. The molecule has 1 aromatic heterocycles. The predicted molar refractivity (Wildman–Crippen MR) is 65.9 cm³/mol. The van der Waals surface area contributed by atoms with E-state index in [1.807, 2.05) is 36.6 Å². The molecule has 0 radical (unpaired) electrons. The lowest BCUT2D eigenvalue weighted by Crippen LogP contribution is -2.03. The van der Waals surface area contributed by atoms with Crippen molar-refractivity contribution in [2.75, 3.05) is 6.26 Å². The lowest BCUT2D eigenvalue weighted by Gasteiger charge is -2.01. The number of ketones is 1. The van der Waals surface area contributed by atoms with E-state index >= 15 is 0 Å². The Bertz CT molecular complexity index is 496. The average Bonchev–Trinajstić information content (AvgIpc) is 2.39. The van der Waals surface area contributed by atoms with E-state index in [1.165, 1.54) is 0 Å². The molecule has 0 aliphatic carbocycles. The van der Waals surface area contributed by atoms with Crippen molar-refractivity contribution in [2.45, 2.75) is 4.90 Å². The third-order valence-corrected chi connectivity index (χ3v) is 2.95. The fourth-order valence-electron chi connectivity index (χ4n) is 1.41. The minimum absolute atomic E-state index is 0.0310. The topological polar surface area (TPSA) is 30.0 Å². The normalized spacial score (nSPS) is 10.1. The molecule has 16 heavy (non-hydrogen) atoms. The van der Waals surface area contributed by atoms with Gasteiger partial charge in [-0.25, -0.2) is 0 Å². The molecule has 2 nitrogen and oxygen atoms in total.